The molecule has 4 heteroatoms. The van der Waals surface area contributed by atoms with E-state index in [1.165, 1.54) is 6.07 Å². The monoisotopic (exact) mass is 275 g/mol. The molecule has 1 N–H and O–H groups in total. The first kappa shape index (κ1) is 12.1. The molecular weight excluding hydrogens is 265 g/mol. The lowest BCUT2D eigenvalue weighted by molar-refractivity contribution is 0.291. The van der Waals surface area contributed by atoms with Crippen LogP contribution in [0.2, 0.25) is 5.02 Å². The van der Waals surface area contributed by atoms with Gasteiger partial charge in [0.25, 0.3) is 0 Å². The molecule has 0 radical (unpaired) electrons. The molecule has 0 saturated carbocycles. The Labute approximate surface area is 114 Å². The van der Waals surface area contributed by atoms with Crippen LogP contribution in [0.5, 0.6) is 5.75 Å². The second kappa shape index (κ2) is 4.94. The van der Waals surface area contributed by atoms with Crippen molar-refractivity contribution < 1.29 is 9.13 Å². The number of hydrogen-bond donors (Lipinski definition) is 1. The summed E-state index contributed by atoms with van der Waals surface area (Å²) in [6.45, 7) is 0.293. The Hall–Kier alpha value is -2.00. The first-order chi connectivity index (χ1) is 9.24. The Balaban J connectivity index is 1.86. The van der Waals surface area contributed by atoms with Crippen LogP contribution in [0.15, 0.2) is 48.7 Å². The van der Waals surface area contributed by atoms with Crippen molar-refractivity contribution in [3.05, 3.63) is 65.1 Å². The van der Waals surface area contributed by atoms with Gasteiger partial charge in [-0.2, -0.15) is 0 Å². The van der Waals surface area contributed by atoms with E-state index in [4.69, 9.17) is 16.3 Å². The van der Waals surface area contributed by atoms with Crippen LogP contribution < -0.4 is 4.74 Å². The predicted molar refractivity (Wildman–Crippen MR) is 74.0 cm³/mol. The van der Waals surface area contributed by atoms with Gasteiger partial charge < -0.3 is 9.72 Å². The number of fused-ring (bicyclic) bond motifs is 1. The third-order valence-corrected chi connectivity index (χ3v) is 3.18. The molecular formula is C15H11ClFNO. The average Bonchev–Trinajstić information content (AvgIpc) is 2.80. The molecule has 0 unspecified atom stereocenters. The number of aromatic nitrogens is 1. The molecule has 0 spiro atoms. The van der Waals surface area contributed by atoms with E-state index in [9.17, 15) is 4.39 Å². The minimum atomic E-state index is -0.361. The Kier molecular flexibility index (Phi) is 3.13. The highest BCUT2D eigenvalue weighted by atomic mass is 35.5. The minimum absolute atomic E-state index is 0.249. The zero-order chi connectivity index (χ0) is 13.2. The molecule has 96 valence electrons. The normalized spacial score (nSPS) is 10.8. The number of nitrogens with one attached hydrogen (secondary N) is 1. The van der Waals surface area contributed by atoms with Crippen molar-refractivity contribution in [1.82, 2.24) is 4.98 Å². The van der Waals surface area contributed by atoms with Gasteiger partial charge in [0.1, 0.15) is 6.61 Å². The van der Waals surface area contributed by atoms with Crippen LogP contribution >= 0.6 is 11.6 Å². The van der Waals surface area contributed by atoms with Gasteiger partial charge in [0.05, 0.1) is 0 Å². The fourth-order valence-corrected chi connectivity index (χ4v) is 2.16. The first-order valence-electron chi connectivity index (χ1n) is 5.87. The molecule has 3 rings (SSSR count). The molecule has 0 aliphatic carbocycles. The molecule has 3 aromatic rings. The number of aromatic amines is 1. The molecule has 2 aromatic carbocycles. The minimum Gasteiger partial charge on any atom is -0.486 e. The topological polar surface area (TPSA) is 25.0 Å². The Morgan fingerprint density at radius 1 is 1.16 bits per heavy atom. The van der Waals surface area contributed by atoms with Gasteiger partial charge in [-0.15, -0.1) is 0 Å². The van der Waals surface area contributed by atoms with Crippen molar-refractivity contribution in [3.63, 3.8) is 0 Å². The lowest BCUT2D eigenvalue weighted by atomic mass is 10.2. The van der Waals surface area contributed by atoms with Crippen LogP contribution in [0.1, 0.15) is 5.56 Å². The summed E-state index contributed by atoms with van der Waals surface area (Å²) in [4.78, 5) is 3.13. The van der Waals surface area contributed by atoms with Crippen molar-refractivity contribution in [2.75, 3.05) is 0 Å². The molecule has 0 aliphatic rings. The quantitative estimate of drug-likeness (QED) is 0.746. The zero-order valence-electron chi connectivity index (χ0n) is 9.99. The van der Waals surface area contributed by atoms with Crippen LogP contribution in [0.3, 0.4) is 0 Å². The summed E-state index contributed by atoms with van der Waals surface area (Å²) in [5.74, 6) is -0.112. The number of benzene rings is 2. The zero-order valence-corrected chi connectivity index (χ0v) is 10.7. The van der Waals surface area contributed by atoms with Gasteiger partial charge in [-0.1, -0.05) is 23.7 Å². The van der Waals surface area contributed by atoms with Gasteiger partial charge in [-0.25, -0.2) is 4.39 Å². The largest absolute Gasteiger partial charge is 0.486 e. The van der Waals surface area contributed by atoms with Crippen LogP contribution in [0.25, 0.3) is 10.9 Å². The van der Waals surface area contributed by atoms with E-state index in [2.05, 4.69) is 4.98 Å². The van der Waals surface area contributed by atoms with Gasteiger partial charge in [0.15, 0.2) is 11.6 Å². The highest BCUT2D eigenvalue weighted by Gasteiger charge is 2.07. The second-order valence-corrected chi connectivity index (χ2v) is 4.66. The number of hydrogen-bond acceptors (Lipinski definition) is 1. The molecule has 1 heterocycles. The summed E-state index contributed by atoms with van der Waals surface area (Å²) in [6.07, 6.45) is 1.85. The maximum absolute atomic E-state index is 13.4. The smallest absolute Gasteiger partial charge is 0.165 e. The van der Waals surface area contributed by atoms with Crippen molar-refractivity contribution >= 4 is 22.5 Å². The molecule has 2 nitrogen and oxygen atoms in total. The SMILES string of the molecule is Fc1ccccc1OCc1c[nH]c2ccc(Cl)cc12. The third kappa shape index (κ3) is 2.42. The molecule has 0 saturated heterocycles. The maximum atomic E-state index is 13.4. The van der Waals surface area contributed by atoms with Gasteiger partial charge in [-0.3, -0.25) is 0 Å². The van der Waals surface area contributed by atoms with E-state index < -0.39 is 0 Å². The van der Waals surface area contributed by atoms with E-state index >= 15 is 0 Å². The van der Waals surface area contributed by atoms with Gasteiger partial charge >= 0.3 is 0 Å². The summed E-state index contributed by atoms with van der Waals surface area (Å²) in [5, 5.41) is 1.66. The Bertz CT molecular complexity index is 723. The lowest BCUT2D eigenvalue weighted by Crippen LogP contribution is -1.96. The van der Waals surface area contributed by atoms with Crippen LogP contribution in [-0.4, -0.2) is 4.98 Å². The highest BCUT2D eigenvalue weighted by Crippen LogP contribution is 2.24. The summed E-state index contributed by atoms with van der Waals surface area (Å²) < 4.78 is 18.9. The van der Waals surface area contributed by atoms with E-state index in [1.807, 2.05) is 24.4 Å². The van der Waals surface area contributed by atoms with Crippen LogP contribution in [0.4, 0.5) is 4.39 Å². The summed E-state index contributed by atoms with van der Waals surface area (Å²) in [5.41, 5.74) is 1.93. The second-order valence-electron chi connectivity index (χ2n) is 4.22. The number of para-hydroxylation sites is 1. The summed E-state index contributed by atoms with van der Waals surface area (Å²) >= 11 is 5.98. The Morgan fingerprint density at radius 2 is 2.00 bits per heavy atom. The molecule has 0 aliphatic heterocycles. The number of H-pyrrole nitrogens is 1. The van der Waals surface area contributed by atoms with Gasteiger partial charge in [0, 0.05) is 27.7 Å². The summed E-state index contributed by atoms with van der Waals surface area (Å²) in [6, 6.07) is 12.0. The first-order valence-corrected chi connectivity index (χ1v) is 6.25. The van der Waals surface area contributed by atoms with Crippen LogP contribution in [0, 0.1) is 5.82 Å². The maximum Gasteiger partial charge on any atom is 0.165 e. The molecule has 19 heavy (non-hydrogen) atoms. The fraction of sp³-hybridized carbons (Fsp3) is 0.0667. The van der Waals surface area contributed by atoms with Gasteiger partial charge in [-0.05, 0) is 30.3 Å². The van der Waals surface area contributed by atoms with E-state index in [-0.39, 0.29) is 11.6 Å². The van der Waals surface area contributed by atoms with Crippen LogP contribution in [-0.2, 0) is 6.61 Å². The fourth-order valence-electron chi connectivity index (χ4n) is 1.99. The molecule has 0 atom stereocenters. The highest BCUT2D eigenvalue weighted by molar-refractivity contribution is 6.31. The van der Waals surface area contributed by atoms with Crippen molar-refractivity contribution in [1.29, 1.82) is 0 Å². The Morgan fingerprint density at radius 3 is 2.84 bits per heavy atom. The third-order valence-electron chi connectivity index (χ3n) is 2.95. The average molecular weight is 276 g/mol. The lowest BCUT2D eigenvalue weighted by Gasteiger charge is -2.06. The predicted octanol–water partition coefficient (Wildman–Crippen LogP) is 4.54. The number of halogens is 2. The summed E-state index contributed by atoms with van der Waals surface area (Å²) in [7, 11) is 0. The number of ether oxygens (including phenoxy) is 1. The van der Waals surface area contributed by atoms with E-state index in [1.54, 1.807) is 18.2 Å². The molecule has 0 amide bonds. The molecule has 0 bridgehead atoms. The van der Waals surface area contributed by atoms with Crippen molar-refractivity contribution in [2.24, 2.45) is 0 Å². The molecule has 1 aromatic heterocycles. The van der Waals surface area contributed by atoms with Crippen molar-refractivity contribution in [3.8, 4) is 5.75 Å². The molecule has 0 fully saturated rings. The van der Waals surface area contributed by atoms with Gasteiger partial charge in [0.2, 0.25) is 0 Å². The standard InChI is InChI=1S/C15H11ClFNO/c16-11-5-6-14-12(7-11)10(8-18-14)9-19-15-4-2-1-3-13(15)17/h1-8,18H,9H2. The van der Waals surface area contributed by atoms with E-state index in [0.717, 1.165) is 16.5 Å². The van der Waals surface area contributed by atoms with E-state index in [0.29, 0.717) is 11.6 Å². The number of rotatable bonds is 3. The van der Waals surface area contributed by atoms with Crippen molar-refractivity contribution in [2.45, 2.75) is 6.61 Å².